The normalized spacial score (nSPS) is 17.3. The number of aryl methyl sites for hydroxylation is 2. The molecule has 0 saturated carbocycles. The minimum Gasteiger partial charge on any atom is -0.507 e. The van der Waals surface area contributed by atoms with E-state index in [0.717, 1.165) is 16.7 Å². The van der Waals surface area contributed by atoms with E-state index in [1.54, 1.807) is 38.5 Å². The molecule has 3 aromatic rings. The first-order chi connectivity index (χ1) is 17.5. The van der Waals surface area contributed by atoms with Crippen LogP contribution >= 0.6 is 0 Å². The Balaban J connectivity index is 1.97. The Labute approximate surface area is 218 Å². The molecule has 3 aromatic carbocycles. The fourth-order valence-electron chi connectivity index (χ4n) is 4.89. The Morgan fingerprint density at radius 3 is 2.03 bits per heavy atom. The minimum absolute atomic E-state index is 0.0411. The molecule has 4 rings (SSSR count). The summed E-state index contributed by atoms with van der Waals surface area (Å²) in [7, 11) is 3.18. The molecular weight excluding hydrogens is 466 g/mol. The van der Waals surface area contributed by atoms with E-state index < -0.39 is 17.7 Å². The SMILES string of the molecule is COc1ccc(C2/C(=C(/O)c3ccc(OC)c(C(C)(C)C)c3)C(=O)C(=O)N2c2cc(C)cc(C)c2)cc1. The van der Waals surface area contributed by atoms with Gasteiger partial charge >= 0.3 is 0 Å². The molecule has 1 aliphatic rings. The van der Waals surface area contributed by atoms with Crippen molar-refractivity contribution in [2.75, 3.05) is 19.1 Å². The number of benzene rings is 3. The van der Waals surface area contributed by atoms with Crippen LogP contribution in [0.4, 0.5) is 5.69 Å². The van der Waals surface area contributed by atoms with Crippen molar-refractivity contribution in [3.63, 3.8) is 0 Å². The Morgan fingerprint density at radius 2 is 1.49 bits per heavy atom. The third kappa shape index (κ3) is 4.84. The second kappa shape index (κ2) is 9.77. The maximum absolute atomic E-state index is 13.5. The zero-order valence-corrected chi connectivity index (χ0v) is 22.4. The van der Waals surface area contributed by atoms with E-state index in [0.29, 0.717) is 28.3 Å². The number of aliphatic hydroxyl groups is 1. The molecule has 0 radical (unpaired) electrons. The summed E-state index contributed by atoms with van der Waals surface area (Å²) in [5.74, 6) is -0.301. The maximum atomic E-state index is 13.5. The van der Waals surface area contributed by atoms with Gasteiger partial charge in [0.15, 0.2) is 0 Å². The van der Waals surface area contributed by atoms with Crippen molar-refractivity contribution in [1.82, 2.24) is 0 Å². The highest BCUT2D eigenvalue weighted by Crippen LogP contribution is 2.43. The summed E-state index contributed by atoms with van der Waals surface area (Å²) in [5.41, 5.74) is 4.31. The molecule has 1 N–H and O–H groups in total. The number of hydrogen-bond donors (Lipinski definition) is 1. The molecule has 1 aliphatic heterocycles. The molecule has 192 valence electrons. The average Bonchev–Trinajstić information content (AvgIpc) is 3.12. The van der Waals surface area contributed by atoms with Gasteiger partial charge in [-0.05, 0) is 78.4 Å². The number of Topliss-reactive ketones (excluding diaryl/α,β-unsaturated/α-hetero) is 1. The van der Waals surface area contributed by atoms with Crippen LogP contribution in [-0.2, 0) is 15.0 Å². The summed E-state index contributed by atoms with van der Waals surface area (Å²) in [5, 5.41) is 11.6. The van der Waals surface area contributed by atoms with E-state index in [9.17, 15) is 14.7 Å². The molecular formula is C31H33NO5. The van der Waals surface area contributed by atoms with Crippen LogP contribution in [0.25, 0.3) is 5.76 Å². The second-order valence-electron chi connectivity index (χ2n) is 10.5. The standard InChI is InChI=1S/C31H33NO5/c1-18-14-19(2)16-22(15-18)32-27(20-8-11-23(36-6)12-9-20)26(29(34)30(32)35)28(33)21-10-13-25(37-7)24(17-21)31(3,4)5/h8-17,27,33H,1-7H3/b28-26-. The Kier molecular flexibility index (Phi) is 6.87. The van der Waals surface area contributed by atoms with E-state index in [1.165, 1.54) is 4.90 Å². The predicted octanol–water partition coefficient (Wildman–Crippen LogP) is 6.24. The van der Waals surface area contributed by atoms with Gasteiger partial charge in [-0.1, -0.05) is 39.0 Å². The quantitative estimate of drug-likeness (QED) is 0.255. The number of ketones is 1. The molecule has 0 aliphatic carbocycles. The molecule has 0 spiro atoms. The summed E-state index contributed by atoms with van der Waals surface area (Å²) in [6.45, 7) is 10.0. The lowest BCUT2D eigenvalue weighted by molar-refractivity contribution is -0.132. The van der Waals surface area contributed by atoms with Gasteiger partial charge in [-0.3, -0.25) is 14.5 Å². The van der Waals surface area contributed by atoms with Crippen LogP contribution in [-0.4, -0.2) is 31.0 Å². The number of anilines is 1. The zero-order chi connectivity index (χ0) is 27.1. The number of rotatable bonds is 5. The summed E-state index contributed by atoms with van der Waals surface area (Å²) in [6.07, 6.45) is 0. The number of hydrogen-bond acceptors (Lipinski definition) is 5. The summed E-state index contributed by atoms with van der Waals surface area (Å²) in [4.78, 5) is 28.5. The van der Waals surface area contributed by atoms with Crippen molar-refractivity contribution in [1.29, 1.82) is 0 Å². The maximum Gasteiger partial charge on any atom is 0.300 e. The molecule has 6 heteroatoms. The predicted molar refractivity (Wildman–Crippen MR) is 145 cm³/mol. The number of amides is 1. The molecule has 6 nitrogen and oxygen atoms in total. The van der Waals surface area contributed by atoms with Gasteiger partial charge in [-0.2, -0.15) is 0 Å². The van der Waals surface area contributed by atoms with Gasteiger partial charge in [-0.25, -0.2) is 0 Å². The van der Waals surface area contributed by atoms with Crippen LogP contribution in [0, 0.1) is 13.8 Å². The van der Waals surface area contributed by atoms with Crippen LogP contribution in [0.3, 0.4) is 0 Å². The first-order valence-corrected chi connectivity index (χ1v) is 12.2. The van der Waals surface area contributed by atoms with Crippen molar-refractivity contribution < 1.29 is 24.2 Å². The van der Waals surface area contributed by atoms with E-state index in [-0.39, 0.29) is 16.7 Å². The van der Waals surface area contributed by atoms with Crippen LogP contribution in [0.15, 0.2) is 66.2 Å². The molecule has 1 heterocycles. The highest BCUT2D eigenvalue weighted by atomic mass is 16.5. The first kappa shape index (κ1) is 26.0. The van der Waals surface area contributed by atoms with Crippen LogP contribution in [0.5, 0.6) is 11.5 Å². The van der Waals surface area contributed by atoms with E-state index in [1.807, 2.05) is 71.0 Å². The minimum atomic E-state index is -0.813. The van der Waals surface area contributed by atoms with Gasteiger partial charge in [0, 0.05) is 16.8 Å². The van der Waals surface area contributed by atoms with Crippen LogP contribution in [0.2, 0.25) is 0 Å². The van der Waals surface area contributed by atoms with Gasteiger partial charge in [0.2, 0.25) is 0 Å². The topological polar surface area (TPSA) is 76.1 Å². The second-order valence-corrected chi connectivity index (χ2v) is 10.5. The van der Waals surface area contributed by atoms with E-state index in [2.05, 4.69) is 0 Å². The summed E-state index contributed by atoms with van der Waals surface area (Å²) in [6, 6.07) is 17.4. The molecule has 1 saturated heterocycles. The first-order valence-electron chi connectivity index (χ1n) is 12.2. The number of ether oxygens (including phenoxy) is 2. The van der Waals surface area contributed by atoms with Crippen molar-refractivity contribution >= 4 is 23.1 Å². The molecule has 1 fully saturated rings. The van der Waals surface area contributed by atoms with E-state index in [4.69, 9.17) is 9.47 Å². The molecule has 37 heavy (non-hydrogen) atoms. The van der Waals surface area contributed by atoms with Crippen LogP contribution < -0.4 is 14.4 Å². The third-order valence-electron chi connectivity index (χ3n) is 6.64. The lowest BCUT2D eigenvalue weighted by Crippen LogP contribution is -2.29. The fourth-order valence-corrected chi connectivity index (χ4v) is 4.89. The molecule has 1 atom stereocenters. The number of methoxy groups -OCH3 is 2. The highest BCUT2D eigenvalue weighted by Gasteiger charge is 2.47. The Morgan fingerprint density at radius 1 is 0.865 bits per heavy atom. The van der Waals surface area contributed by atoms with Crippen molar-refractivity contribution in [2.24, 2.45) is 0 Å². The number of nitrogens with zero attached hydrogens (tertiary/aromatic N) is 1. The van der Waals surface area contributed by atoms with Gasteiger partial charge in [0.25, 0.3) is 11.7 Å². The van der Waals surface area contributed by atoms with Gasteiger partial charge in [0.05, 0.1) is 25.8 Å². The van der Waals surface area contributed by atoms with Crippen molar-refractivity contribution in [3.05, 3.63) is 94.1 Å². The molecule has 1 unspecified atom stereocenters. The fraction of sp³-hybridized carbons (Fsp3) is 0.290. The smallest absolute Gasteiger partial charge is 0.300 e. The highest BCUT2D eigenvalue weighted by molar-refractivity contribution is 6.51. The number of carbonyl (C=O) groups excluding carboxylic acids is 2. The third-order valence-corrected chi connectivity index (χ3v) is 6.64. The molecule has 0 aromatic heterocycles. The van der Waals surface area contributed by atoms with E-state index >= 15 is 0 Å². The lowest BCUT2D eigenvalue weighted by Gasteiger charge is -2.26. The van der Waals surface area contributed by atoms with Crippen molar-refractivity contribution in [2.45, 2.75) is 46.1 Å². The summed E-state index contributed by atoms with van der Waals surface area (Å²) >= 11 is 0. The number of carbonyl (C=O) groups is 2. The van der Waals surface area contributed by atoms with Gasteiger partial charge in [-0.15, -0.1) is 0 Å². The van der Waals surface area contributed by atoms with Gasteiger partial charge in [0.1, 0.15) is 17.3 Å². The van der Waals surface area contributed by atoms with Crippen molar-refractivity contribution in [3.8, 4) is 11.5 Å². The molecule has 0 bridgehead atoms. The average molecular weight is 500 g/mol. The lowest BCUT2D eigenvalue weighted by atomic mass is 9.84. The summed E-state index contributed by atoms with van der Waals surface area (Å²) < 4.78 is 10.8. The van der Waals surface area contributed by atoms with Crippen LogP contribution in [0.1, 0.15) is 54.6 Å². The Hall–Kier alpha value is -4.06. The molecule has 1 amide bonds. The monoisotopic (exact) mass is 499 g/mol. The largest absolute Gasteiger partial charge is 0.507 e. The van der Waals surface area contributed by atoms with Gasteiger partial charge < -0.3 is 14.6 Å². The Bertz CT molecular complexity index is 1380. The number of aliphatic hydroxyl groups excluding tert-OH is 1. The zero-order valence-electron chi connectivity index (χ0n) is 22.4.